The van der Waals surface area contributed by atoms with Crippen molar-refractivity contribution in [2.24, 2.45) is 5.73 Å². The lowest BCUT2D eigenvalue weighted by Gasteiger charge is -2.07. The van der Waals surface area contributed by atoms with Gasteiger partial charge in [-0.15, -0.1) is 0 Å². The lowest BCUT2D eigenvalue weighted by molar-refractivity contribution is 0.0693. The third kappa shape index (κ3) is 2.87. The second-order valence-electron chi connectivity index (χ2n) is 3.55. The first-order valence-corrected chi connectivity index (χ1v) is 5.04. The number of hydrogen-bond donors (Lipinski definition) is 4. The smallest absolute Gasteiger partial charge is 0.339 e. The molecule has 0 atom stereocenters. The number of rotatable bonds is 5. The Morgan fingerprint density at radius 3 is 2.44 bits per heavy atom. The quantitative estimate of drug-likeness (QED) is 0.561. The summed E-state index contributed by atoms with van der Waals surface area (Å²) in [7, 11) is 0. The Hall–Kier alpha value is -1.75. The highest BCUT2D eigenvalue weighted by Crippen LogP contribution is 2.28. The van der Waals surface area contributed by atoms with Crippen LogP contribution in [0.25, 0.3) is 0 Å². The van der Waals surface area contributed by atoms with Gasteiger partial charge < -0.3 is 21.1 Å². The largest absolute Gasteiger partial charge is 0.508 e. The number of carboxylic acids is 1. The summed E-state index contributed by atoms with van der Waals surface area (Å²) in [6, 6.07) is 2.35. The number of carbonyl (C=O) groups is 1. The molecule has 0 saturated carbocycles. The summed E-state index contributed by atoms with van der Waals surface area (Å²) >= 11 is 0. The first kappa shape index (κ1) is 12.3. The summed E-state index contributed by atoms with van der Waals surface area (Å²) in [5, 5.41) is 27.6. The number of nitrogens with two attached hydrogens (primary N) is 1. The van der Waals surface area contributed by atoms with Crippen LogP contribution in [-0.4, -0.2) is 27.8 Å². The molecule has 0 aliphatic carbocycles. The van der Waals surface area contributed by atoms with Gasteiger partial charge in [0.1, 0.15) is 17.1 Å². The monoisotopic (exact) mass is 225 g/mol. The average Bonchev–Trinajstić information content (AvgIpc) is 2.21. The van der Waals surface area contributed by atoms with E-state index in [2.05, 4.69) is 0 Å². The van der Waals surface area contributed by atoms with Crippen molar-refractivity contribution in [3.05, 3.63) is 23.3 Å². The maximum atomic E-state index is 10.8. The van der Waals surface area contributed by atoms with Crippen molar-refractivity contribution in [1.82, 2.24) is 0 Å². The van der Waals surface area contributed by atoms with Crippen LogP contribution in [0.15, 0.2) is 12.1 Å². The Morgan fingerprint density at radius 2 is 1.88 bits per heavy atom. The molecule has 0 unspecified atom stereocenters. The van der Waals surface area contributed by atoms with Gasteiger partial charge in [0.05, 0.1) is 0 Å². The molecular weight excluding hydrogens is 210 g/mol. The summed E-state index contributed by atoms with van der Waals surface area (Å²) in [5.41, 5.74) is 5.66. The number of hydrogen-bond acceptors (Lipinski definition) is 4. The summed E-state index contributed by atoms with van der Waals surface area (Å²) in [4.78, 5) is 10.8. The predicted octanol–water partition coefficient (Wildman–Crippen LogP) is 1.08. The van der Waals surface area contributed by atoms with Gasteiger partial charge >= 0.3 is 5.97 Å². The topological polar surface area (TPSA) is 104 Å². The van der Waals surface area contributed by atoms with Crippen LogP contribution in [0.1, 0.15) is 28.8 Å². The van der Waals surface area contributed by atoms with Crippen molar-refractivity contribution < 1.29 is 20.1 Å². The van der Waals surface area contributed by atoms with Gasteiger partial charge in [0.2, 0.25) is 0 Å². The van der Waals surface area contributed by atoms with Crippen LogP contribution in [-0.2, 0) is 6.42 Å². The standard InChI is InChI=1S/C11H15NO4/c12-4-2-1-3-7-5-8(11(15)16)10(14)6-9(7)13/h5-6,13-14H,1-4,12H2,(H,15,16). The molecule has 0 aliphatic heterocycles. The van der Waals surface area contributed by atoms with Crippen LogP contribution in [0.2, 0.25) is 0 Å². The number of aromatic carboxylic acids is 1. The van der Waals surface area contributed by atoms with E-state index in [1.165, 1.54) is 6.07 Å². The van der Waals surface area contributed by atoms with Crippen molar-refractivity contribution in [1.29, 1.82) is 0 Å². The third-order valence-corrected chi connectivity index (χ3v) is 2.33. The highest BCUT2D eigenvalue weighted by Gasteiger charge is 2.13. The number of phenolic OH excluding ortho intramolecular Hbond substituents is 1. The van der Waals surface area contributed by atoms with Crippen molar-refractivity contribution in [3.63, 3.8) is 0 Å². The van der Waals surface area contributed by atoms with E-state index in [4.69, 9.17) is 10.8 Å². The zero-order chi connectivity index (χ0) is 12.1. The second kappa shape index (κ2) is 5.37. The molecule has 5 heteroatoms. The highest BCUT2D eigenvalue weighted by molar-refractivity contribution is 5.91. The van der Waals surface area contributed by atoms with Gasteiger partial charge in [-0.05, 0) is 37.4 Å². The molecule has 16 heavy (non-hydrogen) atoms. The van der Waals surface area contributed by atoms with E-state index in [1.807, 2.05) is 0 Å². The maximum Gasteiger partial charge on any atom is 0.339 e. The molecule has 1 aromatic rings. The third-order valence-electron chi connectivity index (χ3n) is 2.33. The molecule has 0 fully saturated rings. The highest BCUT2D eigenvalue weighted by atomic mass is 16.4. The molecule has 0 saturated heterocycles. The minimum absolute atomic E-state index is 0.0838. The SMILES string of the molecule is NCCCCc1cc(C(=O)O)c(O)cc1O. The number of aryl methyl sites for hydroxylation is 1. The number of aromatic hydroxyl groups is 2. The van der Waals surface area contributed by atoms with Crippen molar-refractivity contribution >= 4 is 5.97 Å². The van der Waals surface area contributed by atoms with E-state index in [0.717, 1.165) is 18.9 Å². The van der Waals surface area contributed by atoms with Gasteiger partial charge in [-0.1, -0.05) is 0 Å². The zero-order valence-corrected chi connectivity index (χ0v) is 8.81. The summed E-state index contributed by atoms with van der Waals surface area (Å²) in [6.07, 6.45) is 2.13. The number of benzene rings is 1. The second-order valence-corrected chi connectivity index (χ2v) is 3.55. The molecule has 1 aromatic carbocycles. The van der Waals surface area contributed by atoms with Crippen LogP contribution in [0.4, 0.5) is 0 Å². The normalized spacial score (nSPS) is 10.3. The van der Waals surface area contributed by atoms with Gasteiger partial charge in [0, 0.05) is 6.07 Å². The van der Waals surface area contributed by atoms with E-state index in [1.54, 1.807) is 0 Å². The lowest BCUT2D eigenvalue weighted by atomic mass is 10.0. The predicted molar refractivity (Wildman–Crippen MR) is 58.7 cm³/mol. The summed E-state index contributed by atoms with van der Waals surface area (Å²) in [5.74, 6) is -1.72. The van der Waals surface area contributed by atoms with E-state index in [-0.39, 0.29) is 11.3 Å². The van der Waals surface area contributed by atoms with Gasteiger partial charge in [-0.3, -0.25) is 0 Å². The first-order valence-electron chi connectivity index (χ1n) is 5.04. The van der Waals surface area contributed by atoms with Crippen LogP contribution < -0.4 is 5.73 Å². The minimum Gasteiger partial charge on any atom is -0.508 e. The Morgan fingerprint density at radius 1 is 1.19 bits per heavy atom. The van der Waals surface area contributed by atoms with E-state index in [0.29, 0.717) is 18.5 Å². The van der Waals surface area contributed by atoms with Gasteiger partial charge in [-0.25, -0.2) is 4.79 Å². The molecule has 1 rings (SSSR count). The van der Waals surface area contributed by atoms with E-state index >= 15 is 0 Å². The Bertz CT molecular complexity index is 390. The van der Waals surface area contributed by atoms with E-state index in [9.17, 15) is 15.0 Å². The van der Waals surface area contributed by atoms with Crippen LogP contribution in [0.5, 0.6) is 11.5 Å². The molecule has 0 radical (unpaired) electrons. The Balaban J connectivity index is 2.91. The average molecular weight is 225 g/mol. The molecule has 5 N–H and O–H groups in total. The fourth-order valence-electron chi connectivity index (χ4n) is 1.45. The van der Waals surface area contributed by atoms with E-state index < -0.39 is 11.7 Å². The number of phenols is 2. The molecule has 0 bridgehead atoms. The fraction of sp³-hybridized carbons (Fsp3) is 0.364. The van der Waals surface area contributed by atoms with Crippen molar-refractivity contribution in [2.45, 2.75) is 19.3 Å². The molecular formula is C11H15NO4. The molecule has 0 heterocycles. The van der Waals surface area contributed by atoms with Crippen LogP contribution in [0.3, 0.4) is 0 Å². The molecule has 0 spiro atoms. The Labute approximate surface area is 93.1 Å². The first-order chi connectivity index (χ1) is 7.56. The molecule has 0 aliphatic rings. The van der Waals surface area contributed by atoms with Crippen molar-refractivity contribution in [2.75, 3.05) is 6.54 Å². The van der Waals surface area contributed by atoms with Gasteiger partial charge in [0.15, 0.2) is 0 Å². The van der Waals surface area contributed by atoms with Gasteiger partial charge in [0.25, 0.3) is 0 Å². The minimum atomic E-state index is -1.21. The lowest BCUT2D eigenvalue weighted by Crippen LogP contribution is -2.01. The summed E-state index contributed by atoms with van der Waals surface area (Å²) < 4.78 is 0. The van der Waals surface area contributed by atoms with Crippen molar-refractivity contribution in [3.8, 4) is 11.5 Å². The fourth-order valence-corrected chi connectivity index (χ4v) is 1.45. The van der Waals surface area contributed by atoms with Crippen LogP contribution >= 0.6 is 0 Å². The molecule has 88 valence electrons. The zero-order valence-electron chi connectivity index (χ0n) is 8.81. The Kier molecular flexibility index (Phi) is 4.13. The number of carboxylic acid groups (broad SMARTS) is 1. The maximum absolute atomic E-state index is 10.8. The molecule has 0 aromatic heterocycles. The molecule has 0 amide bonds. The van der Waals surface area contributed by atoms with Crippen LogP contribution in [0, 0.1) is 0 Å². The van der Waals surface area contributed by atoms with Gasteiger partial charge in [-0.2, -0.15) is 0 Å². The summed E-state index contributed by atoms with van der Waals surface area (Å²) in [6.45, 7) is 0.560. The number of unbranched alkanes of at least 4 members (excludes halogenated alkanes) is 1. The molecule has 5 nitrogen and oxygen atoms in total.